The Morgan fingerprint density at radius 3 is 2.24 bits per heavy atom. The molecule has 100 valence electrons. The molecule has 0 unspecified atom stereocenters. The molecule has 0 radical (unpaired) electrons. The van der Waals surface area contributed by atoms with Gasteiger partial charge in [-0.25, -0.2) is 9.13 Å². The number of nitrogens with zero attached hydrogens (tertiary/aromatic N) is 2. The summed E-state index contributed by atoms with van der Waals surface area (Å²) >= 11 is 0. The molecule has 0 spiro atoms. The Labute approximate surface area is 102 Å². The van der Waals surface area contributed by atoms with Crippen LogP contribution in [0.15, 0.2) is 18.7 Å². The third-order valence-corrected chi connectivity index (χ3v) is 2.09. The predicted molar refractivity (Wildman–Crippen MR) is 63.9 cm³/mol. The normalized spacial score (nSPS) is 10.8. The molecular weight excluding hydrogens is 244 g/mol. The van der Waals surface area contributed by atoms with Gasteiger partial charge in [-0.05, 0) is 12.8 Å². The van der Waals surface area contributed by atoms with E-state index >= 15 is 0 Å². The third kappa shape index (κ3) is 13.0. The average molecular weight is 265 g/mol. The van der Waals surface area contributed by atoms with Gasteiger partial charge in [0.2, 0.25) is 6.33 Å². The fraction of sp³-hybridized carbons (Fsp3) is 0.700. The standard InChI is InChI=1S/C10H19N2.H2O4S/c1-3-4-5-6-7-12-9-8-11(2)10-12;1-5(2,3)4/h8-10H,3-7H2,1-2H3;(H2,1,2,3,4)/q+1;. The molecule has 0 atom stereocenters. The van der Waals surface area contributed by atoms with Crippen LogP contribution in [0.4, 0.5) is 0 Å². The van der Waals surface area contributed by atoms with Crippen LogP contribution in [0.3, 0.4) is 0 Å². The molecule has 1 heterocycles. The minimum Gasteiger partial charge on any atom is -0.264 e. The Hall–Kier alpha value is -0.920. The second kappa shape index (κ2) is 8.21. The number of hydrogen-bond donors (Lipinski definition) is 2. The zero-order chi connectivity index (χ0) is 13.3. The van der Waals surface area contributed by atoms with Crippen molar-refractivity contribution >= 4 is 10.4 Å². The van der Waals surface area contributed by atoms with Gasteiger partial charge in [0.25, 0.3) is 0 Å². The van der Waals surface area contributed by atoms with E-state index in [1.807, 2.05) is 0 Å². The van der Waals surface area contributed by atoms with Gasteiger partial charge in [0, 0.05) is 0 Å². The fourth-order valence-electron chi connectivity index (χ4n) is 1.36. The van der Waals surface area contributed by atoms with Gasteiger partial charge in [0.1, 0.15) is 12.4 Å². The molecule has 6 nitrogen and oxygen atoms in total. The second-order valence-corrected chi connectivity index (χ2v) is 4.72. The van der Waals surface area contributed by atoms with Crippen molar-refractivity contribution < 1.29 is 22.1 Å². The lowest BCUT2D eigenvalue weighted by Gasteiger charge is -1.95. The van der Waals surface area contributed by atoms with Gasteiger partial charge in [-0.3, -0.25) is 9.11 Å². The van der Waals surface area contributed by atoms with Crippen molar-refractivity contribution in [1.29, 1.82) is 0 Å². The maximum atomic E-state index is 8.74. The quantitative estimate of drug-likeness (QED) is 0.476. The summed E-state index contributed by atoms with van der Waals surface area (Å²) in [5.74, 6) is 0. The summed E-state index contributed by atoms with van der Waals surface area (Å²) in [6, 6.07) is 0. The lowest BCUT2D eigenvalue weighted by Crippen LogP contribution is -2.30. The van der Waals surface area contributed by atoms with Crippen LogP contribution in [-0.2, 0) is 24.0 Å². The van der Waals surface area contributed by atoms with Gasteiger partial charge in [-0.15, -0.1) is 0 Å². The number of rotatable bonds is 5. The molecule has 0 aromatic carbocycles. The van der Waals surface area contributed by atoms with E-state index in [-0.39, 0.29) is 0 Å². The first-order chi connectivity index (χ1) is 7.83. The van der Waals surface area contributed by atoms with E-state index in [0.29, 0.717) is 0 Å². The smallest absolute Gasteiger partial charge is 0.264 e. The van der Waals surface area contributed by atoms with Gasteiger partial charge in [-0.2, -0.15) is 8.42 Å². The molecule has 0 amide bonds. The van der Waals surface area contributed by atoms with E-state index in [0.717, 1.165) is 0 Å². The second-order valence-electron chi connectivity index (χ2n) is 3.83. The zero-order valence-electron chi connectivity index (χ0n) is 10.3. The third-order valence-electron chi connectivity index (χ3n) is 2.09. The van der Waals surface area contributed by atoms with E-state index < -0.39 is 10.4 Å². The van der Waals surface area contributed by atoms with Crippen LogP contribution >= 0.6 is 0 Å². The summed E-state index contributed by atoms with van der Waals surface area (Å²) in [5, 5.41) is 0. The van der Waals surface area contributed by atoms with E-state index in [4.69, 9.17) is 17.5 Å². The topological polar surface area (TPSA) is 83.4 Å². The molecule has 2 N–H and O–H groups in total. The summed E-state index contributed by atoms with van der Waals surface area (Å²) in [6.07, 6.45) is 11.7. The first-order valence-electron chi connectivity index (χ1n) is 5.54. The first kappa shape index (κ1) is 16.1. The van der Waals surface area contributed by atoms with Crippen LogP contribution in [0.25, 0.3) is 0 Å². The molecule has 7 heteroatoms. The van der Waals surface area contributed by atoms with Crippen LogP contribution in [-0.4, -0.2) is 22.1 Å². The van der Waals surface area contributed by atoms with Crippen LogP contribution in [0.1, 0.15) is 32.6 Å². The van der Waals surface area contributed by atoms with E-state index in [9.17, 15) is 0 Å². The van der Waals surface area contributed by atoms with E-state index in [2.05, 4.69) is 41.8 Å². The average Bonchev–Trinajstić information content (AvgIpc) is 2.56. The number of unbranched alkanes of at least 4 members (excludes halogenated alkanes) is 3. The summed E-state index contributed by atoms with van der Waals surface area (Å²) in [5.41, 5.74) is 0. The molecule has 1 aromatic rings. The Balaban J connectivity index is 0.000000437. The molecule has 0 aliphatic heterocycles. The molecule has 0 aliphatic carbocycles. The van der Waals surface area contributed by atoms with Crippen LogP contribution in [0.2, 0.25) is 0 Å². The van der Waals surface area contributed by atoms with Crippen molar-refractivity contribution in [3.63, 3.8) is 0 Å². The minimum absolute atomic E-state index is 1.17. The summed E-state index contributed by atoms with van der Waals surface area (Å²) in [4.78, 5) is 0. The number of hydrogen-bond acceptors (Lipinski definition) is 2. The monoisotopic (exact) mass is 265 g/mol. The lowest BCUT2D eigenvalue weighted by atomic mass is 10.2. The fourth-order valence-corrected chi connectivity index (χ4v) is 1.36. The highest BCUT2D eigenvalue weighted by molar-refractivity contribution is 7.79. The largest absolute Gasteiger partial charge is 0.394 e. The van der Waals surface area contributed by atoms with Crippen molar-refractivity contribution in [2.45, 2.75) is 39.2 Å². The van der Waals surface area contributed by atoms with Crippen molar-refractivity contribution in [1.82, 2.24) is 4.57 Å². The van der Waals surface area contributed by atoms with Crippen molar-refractivity contribution in [3.05, 3.63) is 18.7 Å². The van der Waals surface area contributed by atoms with Gasteiger partial charge in [0.15, 0.2) is 0 Å². The SMILES string of the molecule is CCCCCC[n+]1ccn(C)c1.O=S(=O)(O)O. The van der Waals surface area contributed by atoms with Gasteiger partial charge < -0.3 is 0 Å². The minimum atomic E-state index is -4.67. The molecule has 0 aliphatic rings. The van der Waals surface area contributed by atoms with Gasteiger partial charge >= 0.3 is 10.4 Å². The van der Waals surface area contributed by atoms with E-state index in [1.54, 1.807) is 0 Å². The van der Waals surface area contributed by atoms with Gasteiger partial charge in [-0.1, -0.05) is 19.8 Å². The molecular formula is C10H21N2O4S+. The molecule has 0 fully saturated rings. The van der Waals surface area contributed by atoms with Crippen LogP contribution < -0.4 is 4.57 Å². The van der Waals surface area contributed by atoms with Crippen molar-refractivity contribution in [2.75, 3.05) is 0 Å². The number of imidazole rings is 1. The maximum absolute atomic E-state index is 8.74. The summed E-state index contributed by atoms with van der Waals surface area (Å²) in [7, 11) is -2.61. The van der Waals surface area contributed by atoms with Gasteiger partial charge in [0.05, 0.1) is 13.6 Å². The highest BCUT2D eigenvalue weighted by Crippen LogP contribution is 1.97. The molecule has 1 aromatic heterocycles. The lowest BCUT2D eigenvalue weighted by molar-refractivity contribution is -0.696. The highest BCUT2D eigenvalue weighted by Gasteiger charge is 1.97. The predicted octanol–water partition coefficient (Wildman–Crippen LogP) is 1.24. The van der Waals surface area contributed by atoms with E-state index in [1.165, 1.54) is 32.2 Å². The molecule has 0 saturated heterocycles. The molecule has 1 rings (SSSR count). The molecule has 0 bridgehead atoms. The highest BCUT2D eigenvalue weighted by atomic mass is 32.3. The maximum Gasteiger partial charge on any atom is 0.394 e. The Bertz CT molecular complexity index is 392. The number of aryl methyl sites for hydroxylation is 2. The summed E-state index contributed by atoms with van der Waals surface area (Å²) < 4.78 is 35.9. The van der Waals surface area contributed by atoms with Crippen molar-refractivity contribution in [3.8, 4) is 0 Å². The zero-order valence-corrected chi connectivity index (χ0v) is 11.1. The first-order valence-corrected chi connectivity index (χ1v) is 6.93. The number of aromatic nitrogens is 2. The van der Waals surface area contributed by atoms with Crippen LogP contribution in [0.5, 0.6) is 0 Å². The Morgan fingerprint density at radius 1 is 1.24 bits per heavy atom. The Kier molecular flexibility index (Phi) is 7.77. The molecule has 17 heavy (non-hydrogen) atoms. The van der Waals surface area contributed by atoms with Crippen molar-refractivity contribution in [2.24, 2.45) is 7.05 Å². The van der Waals surface area contributed by atoms with Crippen LogP contribution in [0, 0.1) is 0 Å². The summed E-state index contributed by atoms with van der Waals surface area (Å²) in [6.45, 7) is 3.41. The Morgan fingerprint density at radius 2 is 1.82 bits per heavy atom. The molecule has 0 saturated carbocycles.